The number of rotatable bonds is 4. The van der Waals surface area contributed by atoms with Crippen molar-refractivity contribution < 1.29 is 9.90 Å². The maximum Gasteiger partial charge on any atom is 0.319 e. The highest BCUT2D eigenvalue weighted by atomic mass is 16.3. The average molecular weight is 237 g/mol. The Labute approximate surface area is 101 Å². The molecule has 5 heteroatoms. The number of aliphatic hydroxyl groups excluding tert-OH is 1. The Morgan fingerprint density at radius 2 is 1.94 bits per heavy atom. The van der Waals surface area contributed by atoms with E-state index in [0.717, 1.165) is 11.4 Å². The number of anilines is 2. The standard InChI is InChI=1S/C12H19N3O2/c1-9(16)8-13-12(17)14-10-4-6-11(7-5-10)15(2)3/h4-7,9,16H,8H2,1-3H3,(H2,13,14,17). The van der Waals surface area contributed by atoms with Crippen molar-refractivity contribution >= 4 is 17.4 Å². The molecule has 0 saturated carbocycles. The molecule has 0 heterocycles. The monoisotopic (exact) mass is 237 g/mol. The Bertz CT molecular complexity index is 361. The fraction of sp³-hybridized carbons (Fsp3) is 0.417. The van der Waals surface area contributed by atoms with Crippen LogP contribution >= 0.6 is 0 Å². The Balaban J connectivity index is 2.48. The van der Waals surface area contributed by atoms with Crippen LogP contribution in [0.2, 0.25) is 0 Å². The maximum atomic E-state index is 11.4. The molecule has 0 bridgehead atoms. The molecule has 1 aromatic rings. The van der Waals surface area contributed by atoms with E-state index in [9.17, 15) is 4.79 Å². The van der Waals surface area contributed by atoms with Crippen molar-refractivity contribution in [1.29, 1.82) is 0 Å². The summed E-state index contributed by atoms with van der Waals surface area (Å²) in [6.07, 6.45) is -0.545. The van der Waals surface area contributed by atoms with Gasteiger partial charge < -0.3 is 20.6 Å². The summed E-state index contributed by atoms with van der Waals surface area (Å²) in [5.41, 5.74) is 1.79. The van der Waals surface area contributed by atoms with Crippen molar-refractivity contribution in [3.05, 3.63) is 24.3 Å². The predicted molar refractivity (Wildman–Crippen MR) is 69.5 cm³/mol. The normalized spacial score (nSPS) is 11.8. The van der Waals surface area contributed by atoms with Gasteiger partial charge in [0.25, 0.3) is 0 Å². The molecule has 0 aliphatic rings. The highest BCUT2D eigenvalue weighted by Crippen LogP contribution is 2.15. The molecule has 0 spiro atoms. The van der Waals surface area contributed by atoms with E-state index in [1.54, 1.807) is 6.92 Å². The molecule has 2 amide bonds. The molecule has 1 aromatic carbocycles. The molecule has 17 heavy (non-hydrogen) atoms. The minimum absolute atomic E-state index is 0.238. The maximum absolute atomic E-state index is 11.4. The summed E-state index contributed by atoms with van der Waals surface area (Å²) in [5, 5.41) is 14.3. The van der Waals surface area contributed by atoms with Gasteiger partial charge >= 0.3 is 6.03 Å². The second-order valence-electron chi connectivity index (χ2n) is 4.13. The Kier molecular flexibility index (Phi) is 4.78. The van der Waals surface area contributed by atoms with E-state index < -0.39 is 6.10 Å². The number of benzene rings is 1. The van der Waals surface area contributed by atoms with Crippen molar-refractivity contribution in [1.82, 2.24) is 5.32 Å². The number of hydrogen-bond donors (Lipinski definition) is 3. The van der Waals surface area contributed by atoms with Crippen LogP contribution in [0.25, 0.3) is 0 Å². The molecular weight excluding hydrogens is 218 g/mol. The van der Waals surface area contributed by atoms with E-state index in [1.165, 1.54) is 0 Å². The number of amides is 2. The summed E-state index contributed by atoms with van der Waals surface area (Å²) in [6, 6.07) is 7.19. The predicted octanol–water partition coefficient (Wildman–Crippen LogP) is 1.25. The van der Waals surface area contributed by atoms with Gasteiger partial charge in [-0.25, -0.2) is 4.79 Å². The number of carbonyl (C=O) groups is 1. The first kappa shape index (κ1) is 13.3. The molecular formula is C12H19N3O2. The molecule has 1 rings (SSSR count). The molecule has 94 valence electrons. The largest absolute Gasteiger partial charge is 0.392 e. The quantitative estimate of drug-likeness (QED) is 0.738. The average Bonchev–Trinajstić information content (AvgIpc) is 2.27. The first-order valence-corrected chi connectivity index (χ1v) is 5.49. The lowest BCUT2D eigenvalue weighted by molar-refractivity contribution is 0.190. The topological polar surface area (TPSA) is 64.6 Å². The summed E-state index contributed by atoms with van der Waals surface area (Å²) < 4.78 is 0. The van der Waals surface area contributed by atoms with Crippen molar-refractivity contribution in [2.24, 2.45) is 0 Å². The van der Waals surface area contributed by atoms with Crippen LogP contribution in [0.15, 0.2) is 24.3 Å². The van der Waals surface area contributed by atoms with Crippen molar-refractivity contribution in [3.8, 4) is 0 Å². The number of nitrogens with one attached hydrogen (secondary N) is 2. The van der Waals surface area contributed by atoms with Gasteiger partial charge in [0.2, 0.25) is 0 Å². The summed E-state index contributed by atoms with van der Waals surface area (Å²) in [6.45, 7) is 1.85. The number of aliphatic hydroxyl groups is 1. The lowest BCUT2D eigenvalue weighted by Gasteiger charge is -2.13. The smallest absolute Gasteiger partial charge is 0.319 e. The minimum atomic E-state index is -0.545. The summed E-state index contributed by atoms with van der Waals surface area (Å²) in [4.78, 5) is 13.4. The van der Waals surface area contributed by atoms with Gasteiger partial charge in [0.1, 0.15) is 0 Å². The lowest BCUT2D eigenvalue weighted by atomic mass is 10.2. The van der Waals surface area contributed by atoms with Crippen LogP contribution in [0.4, 0.5) is 16.2 Å². The van der Waals surface area contributed by atoms with Crippen molar-refractivity contribution in [3.63, 3.8) is 0 Å². The number of carbonyl (C=O) groups excluding carboxylic acids is 1. The van der Waals surface area contributed by atoms with E-state index in [4.69, 9.17) is 5.11 Å². The van der Waals surface area contributed by atoms with Gasteiger partial charge in [-0.2, -0.15) is 0 Å². The molecule has 0 radical (unpaired) electrons. The van der Waals surface area contributed by atoms with Gasteiger partial charge in [-0.05, 0) is 31.2 Å². The third kappa shape index (κ3) is 4.74. The van der Waals surface area contributed by atoms with E-state index in [2.05, 4.69) is 10.6 Å². The molecule has 1 atom stereocenters. The van der Waals surface area contributed by atoms with Crippen LogP contribution in [0, 0.1) is 0 Å². The fourth-order valence-electron chi connectivity index (χ4n) is 1.26. The molecule has 0 aliphatic heterocycles. The van der Waals surface area contributed by atoms with Crippen molar-refractivity contribution in [2.75, 3.05) is 30.9 Å². The molecule has 1 unspecified atom stereocenters. The molecule has 0 aliphatic carbocycles. The van der Waals surface area contributed by atoms with Crippen LogP contribution in [-0.2, 0) is 0 Å². The second kappa shape index (κ2) is 6.10. The van der Waals surface area contributed by atoms with Crippen LogP contribution in [0.3, 0.4) is 0 Å². The zero-order valence-corrected chi connectivity index (χ0v) is 10.4. The van der Waals surface area contributed by atoms with Gasteiger partial charge in [0.15, 0.2) is 0 Å². The van der Waals surface area contributed by atoms with Crippen LogP contribution in [0.1, 0.15) is 6.92 Å². The molecule has 5 nitrogen and oxygen atoms in total. The fourth-order valence-corrected chi connectivity index (χ4v) is 1.26. The third-order valence-corrected chi connectivity index (χ3v) is 2.20. The van der Waals surface area contributed by atoms with Gasteiger partial charge in [-0.3, -0.25) is 0 Å². The summed E-state index contributed by atoms with van der Waals surface area (Å²) in [5.74, 6) is 0. The Hall–Kier alpha value is -1.75. The van der Waals surface area contributed by atoms with Crippen molar-refractivity contribution in [2.45, 2.75) is 13.0 Å². The zero-order valence-electron chi connectivity index (χ0n) is 10.4. The second-order valence-corrected chi connectivity index (χ2v) is 4.13. The first-order chi connectivity index (χ1) is 7.99. The lowest BCUT2D eigenvalue weighted by Crippen LogP contribution is -2.34. The summed E-state index contributed by atoms with van der Waals surface area (Å²) >= 11 is 0. The molecule has 0 aromatic heterocycles. The Morgan fingerprint density at radius 3 is 2.41 bits per heavy atom. The highest BCUT2D eigenvalue weighted by molar-refractivity contribution is 5.89. The Morgan fingerprint density at radius 1 is 1.35 bits per heavy atom. The molecule has 3 N–H and O–H groups in total. The van der Waals surface area contributed by atoms with Gasteiger partial charge in [-0.15, -0.1) is 0 Å². The number of hydrogen-bond acceptors (Lipinski definition) is 3. The zero-order chi connectivity index (χ0) is 12.8. The van der Waals surface area contributed by atoms with Gasteiger partial charge in [0, 0.05) is 32.0 Å². The van der Waals surface area contributed by atoms with Gasteiger partial charge in [-0.1, -0.05) is 0 Å². The molecule has 0 saturated heterocycles. The molecule has 0 fully saturated rings. The number of urea groups is 1. The van der Waals surface area contributed by atoms with E-state index in [1.807, 2.05) is 43.3 Å². The minimum Gasteiger partial charge on any atom is -0.392 e. The SMILES string of the molecule is CC(O)CNC(=O)Nc1ccc(N(C)C)cc1. The van der Waals surface area contributed by atoms with Gasteiger partial charge in [0.05, 0.1) is 6.10 Å². The summed E-state index contributed by atoms with van der Waals surface area (Å²) in [7, 11) is 3.91. The van der Waals surface area contributed by atoms with E-state index >= 15 is 0 Å². The van der Waals surface area contributed by atoms with Crippen LogP contribution < -0.4 is 15.5 Å². The highest BCUT2D eigenvalue weighted by Gasteiger charge is 2.03. The first-order valence-electron chi connectivity index (χ1n) is 5.49. The van der Waals surface area contributed by atoms with E-state index in [-0.39, 0.29) is 12.6 Å². The van der Waals surface area contributed by atoms with Crippen LogP contribution in [0.5, 0.6) is 0 Å². The van der Waals surface area contributed by atoms with Crippen LogP contribution in [-0.4, -0.2) is 37.9 Å². The van der Waals surface area contributed by atoms with E-state index in [0.29, 0.717) is 0 Å². The number of nitrogens with zero attached hydrogens (tertiary/aromatic N) is 1. The third-order valence-electron chi connectivity index (χ3n) is 2.20.